The lowest BCUT2D eigenvalue weighted by Crippen LogP contribution is -2.39. The summed E-state index contributed by atoms with van der Waals surface area (Å²) in [6.45, 7) is 4.05. The van der Waals surface area contributed by atoms with Gasteiger partial charge in [0.05, 0.1) is 4.90 Å². The average Bonchev–Trinajstić information content (AvgIpc) is 2.72. The Labute approximate surface area is 104 Å². The van der Waals surface area contributed by atoms with E-state index in [-0.39, 0.29) is 12.1 Å². The smallest absolute Gasteiger partial charge is 0.207 e. The van der Waals surface area contributed by atoms with Crippen molar-refractivity contribution in [2.45, 2.75) is 50.1 Å². The summed E-state index contributed by atoms with van der Waals surface area (Å²) >= 11 is 0. The molecule has 4 heteroatoms. The summed E-state index contributed by atoms with van der Waals surface area (Å²) < 4.78 is 26.8. The summed E-state index contributed by atoms with van der Waals surface area (Å²) in [6.07, 6.45) is 2.82. The van der Waals surface area contributed by atoms with Gasteiger partial charge in [0, 0.05) is 12.1 Å². The van der Waals surface area contributed by atoms with Gasteiger partial charge >= 0.3 is 0 Å². The fourth-order valence-electron chi connectivity index (χ4n) is 2.58. The highest BCUT2D eigenvalue weighted by atomic mass is 32.2. The maximum absolute atomic E-state index is 12.5. The monoisotopic (exact) mass is 253 g/mol. The highest BCUT2D eigenvalue weighted by Gasteiger charge is 2.38. The van der Waals surface area contributed by atoms with Crippen molar-refractivity contribution in [1.29, 1.82) is 0 Å². The van der Waals surface area contributed by atoms with Crippen LogP contribution < -0.4 is 0 Å². The van der Waals surface area contributed by atoms with Gasteiger partial charge in [-0.3, -0.25) is 0 Å². The molecule has 1 aromatic carbocycles. The number of nitrogens with zero attached hydrogens (tertiary/aromatic N) is 1. The first kappa shape index (κ1) is 12.6. The average molecular weight is 253 g/mol. The van der Waals surface area contributed by atoms with Gasteiger partial charge in [0.15, 0.2) is 0 Å². The molecule has 0 bridgehead atoms. The van der Waals surface area contributed by atoms with Crippen molar-refractivity contribution in [1.82, 2.24) is 4.31 Å². The molecule has 2 rings (SSSR count). The largest absolute Gasteiger partial charge is 0.243 e. The van der Waals surface area contributed by atoms with E-state index in [0.717, 1.165) is 19.3 Å². The highest BCUT2D eigenvalue weighted by Crippen LogP contribution is 2.32. The van der Waals surface area contributed by atoms with Gasteiger partial charge < -0.3 is 0 Å². The Kier molecular flexibility index (Phi) is 3.54. The standard InChI is InChI=1S/C13H19NO2S/c1-3-12-10-9-11(2)14(12)17(15,16)13-7-5-4-6-8-13/h4-8,11-12H,3,9-10H2,1-2H3. The lowest BCUT2D eigenvalue weighted by Gasteiger charge is -2.26. The first-order valence-corrected chi connectivity index (χ1v) is 7.60. The first-order valence-electron chi connectivity index (χ1n) is 6.16. The van der Waals surface area contributed by atoms with E-state index in [0.29, 0.717) is 4.90 Å². The Morgan fingerprint density at radius 3 is 2.47 bits per heavy atom. The van der Waals surface area contributed by atoms with Gasteiger partial charge in [0.2, 0.25) is 10.0 Å². The van der Waals surface area contributed by atoms with Gasteiger partial charge in [-0.25, -0.2) is 8.42 Å². The third kappa shape index (κ3) is 2.24. The maximum atomic E-state index is 12.5. The zero-order valence-electron chi connectivity index (χ0n) is 10.3. The molecule has 1 fully saturated rings. The second-order valence-electron chi connectivity index (χ2n) is 4.64. The minimum Gasteiger partial charge on any atom is -0.207 e. The van der Waals surface area contributed by atoms with Gasteiger partial charge in [-0.2, -0.15) is 4.31 Å². The fourth-order valence-corrected chi connectivity index (χ4v) is 4.55. The van der Waals surface area contributed by atoms with Crippen molar-refractivity contribution in [3.63, 3.8) is 0 Å². The Balaban J connectivity index is 2.38. The number of sulfonamides is 1. The molecule has 2 atom stereocenters. The third-order valence-corrected chi connectivity index (χ3v) is 5.58. The molecule has 1 aromatic rings. The van der Waals surface area contributed by atoms with Crippen LogP contribution in [-0.2, 0) is 10.0 Å². The van der Waals surface area contributed by atoms with Crippen molar-refractivity contribution in [3.05, 3.63) is 30.3 Å². The van der Waals surface area contributed by atoms with Gasteiger partial charge in [-0.15, -0.1) is 0 Å². The van der Waals surface area contributed by atoms with Crippen LogP contribution in [-0.4, -0.2) is 24.8 Å². The van der Waals surface area contributed by atoms with E-state index in [9.17, 15) is 8.42 Å². The van der Waals surface area contributed by atoms with Crippen LogP contribution in [0.5, 0.6) is 0 Å². The van der Waals surface area contributed by atoms with Gasteiger partial charge in [-0.05, 0) is 38.3 Å². The maximum Gasteiger partial charge on any atom is 0.243 e. The summed E-state index contributed by atoms with van der Waals surface area (Å²) in [5.41, 5.74) is 0. The van der Waals surface area contributed by atoms with Crippen LogP contribution in [0.1, 0.15) is 33.1 Å². The van der Waals surface area contributed by atoms with Crippen LogP contribution in [0.25, 0.3) is 0 Å². The van der Waals surface area contributed by atoms with E-state index in [1.807, 2.05) is 13.0 Å². The van der Waals surface area contributed by atoms with E-state index >= 15 is 0 Å². The van der Waals surface area contributed by atoms with E-state index in [1.165, 1.54) is 0 Å². The van der Waals surface area contributed by atoms with Crippen LogP contribution >= 0.6 is 0 Å². The Hall–Kier alpha value is -0.870. The number of benzene rings is 1. The van der Waals surface area contributed by atoms with Crippen LogP contribution in [0.3, 0.4) is 0 Å². The molecule has 2 unspecified atom stereocenters. The van der Waals surface area contributed by atoms with Gasteiger partial charge in [0.25, 0.3) is 0 Å². The molecule has 17 heavy (non-hydrogen) atoms. The SMILES string of the molecule is CCC1CCC(C)N1S(=O)(=O)c1ccccc1. The molecular formula is C13H19NO2S. The van der Waals surface area contributed by atoms with Crippen LogP contribution in [0, 0.1) is 0 Å². The molecule has 3 nitrogen and oxygen atoms in total. The minimum absolute atomic E-state index is 0.116. The molecule has 0 N–H and O–H groups in total. The Morgan fingerprint density at radius 2 is 1.88 bits per heavy atom. The van der Waals surface area contributed by atoms with Crippen LogP contribution in [0.4, 0.5) is 0 Å². The van der Waals surface area contributed by atoms with Crippen molar-refractivity contribution in [2.24, 2.45) is 0 Å². The predicted octanol–water partition coefficient (Wildman–Crippen LogP) is 2.64. The van der Waals surface area contributed by atoms with E-state index in [4.69, 9.17) is 0 Å². The van der Waals surface area contributed by atoms with E-state index < -0.39 is 10.0 Å². The van der Waals surface area contributed by atoms with Crippen molar-refractivity contribution in [2.75, 3.05) is 0 Å². The molecule has 1 saturated heterocycles. The van der Waals surface area contributed by atoms with Crippen molar-refractivity contribution in [3.8, 4) is 0 Å². The van der Waals surface area contributed by atoms with Crippen molar-refractivity contribution < 1.29 is 8.42 Å². The van der Waals surface area contributed by atoms with E-state index in [2.05, 4.69) is 6.92 Å². The molecule has 0 aromatic heterocycles. The van der Waals surface area contributed by atoms with E-state index in [1.54, 1.807) is 28.6 Å². The second-order valence-corrected chi connectivity index (χ2v) is 6.48. The molecule has 0 saturated carbocycles. The quantitative estimate of drug-likeness (QED) is 0.830. The highest BCUT2D eigenvalue weighted by molar-refractivity contribution is 7.89. The summed E-state index contributed by atoms with van der Waals surface area (Å²) in [5, 5.41) is 0. The molecule has 1 aliphatic heterocycles. The normalized spacial score (nSPS) is 26.2. The summed E-state index contributed by atoms with van der Waals surface area (Å²) in [6, 6.07) is 9.01. The topological polar surface area (TPSA) is 37.4 Å². The Bertz CT molecular complexity index is 469. The Morgan fingerprint density at radius 1 is 1.24 bits per heavy atom. The molecule has 0 radical (unpaired) electrons. The molecule has 94 valence electrons. The zero-order chi connectivity index (χ0) is 12.5. The predicted molar refractivity (Wildman–Crippen MR) is 68.2 cm³/mol. The van der Waals surface area contributed by atoms with Crippen molar-refractivity contribution >= 4 is 10.0 Å². The number of hydrogen-bond acceptors (Lipinski definition) is 2. The van der Waals surface area contributed by atoms with Gasteiger partial charge in [0.1, 0.15) is 0 Å². The fraction of sp³-hybridized carbons (Fsp3) is 0.538. The zero-order valence-corrected chi connectivity index (χ0v) is 11.2. The lowest BCUT2D eigenvalue weighted by atomic mass is 10.2. The second kappa shape index (κ2) is 4.78. The minimum atomic E-state index is -3.32. The number of rotatable bonds is 3. The molecule has 1 heterocycles. The lowest BCUT2D eigenvalue weighted by molar-refractivity contribution is 0.328. The summed E-state index contributed by atoms with van der Waals surface area (Å²) in [4.78, 5) is 0.409. The molecule has 0 spiro atoms. The molecule has 0 aliphatic carbocycles. The molecule has 0 amide bonds. The first-order chi connectivity index (χ1) is 8.07. The summed E-state index contributed by atoms with van der Waals surface area (Å²) in [7, 11) is -3.32. The molecular weight excluding hydrogens is 234 g/mol. The van der Waals surface area contributed by atoms with Crippen LogP contribution in [0.2, 0.25) is 0 Å². The molecule has 1 aliphatic rings. The third-order valence-electron chi connectivity index (χ3n) is 3.50. The summed E-state index contributed by atoms with van der Waals surface area (Å²) in [5.74, 6) is 0. The van der Waals surface area contributed by atoms with Gasteiger partial charge in [-0.1, -0.05) is 25.1 Å². The van der Waals surface area contributed by atoms with Crippen LogP contribution in [0.15, 0.2) is 35.2 Å². The number of hydrogen-bond donors (Lipinski definition) is 0.